The maximum Gasteiger partial charge on any atom is 0.226 e. The summed E-state index contributed by atoms with van der Waals surface area (Å²) in [5, 5.41) is 24.0. The number of para-hydroxylation sites is 1. The molecule has 0 bridgehead atoms. The van der Waals surface area contributed by atoms with Crippen molar-refractivity contribution in [2.24, 2.45) is 5.92 Å². The Hall–Kier alpha value is -2.75. The number of nitrogens with one attached hydrogen (secondary N) is 1. The summed E-state index contributed by atoms with van der Waals surface area (Å²) in [6, 6.07) is 7.30. The van der Waals surface area contributed by atoms with Crippen molar-refractivity contribution in [3.8, 4) is 10.8 Å². The van der Waals surface area contributed by atoms with Crippen molar-refractivity contribution in [3.05, 3.63) is 57.5 Å². The smallest absolute Gasteiger partial charge is 0.226 e. The number of thiophene rings is 1. The molecule has 0 radical (unpaired) electrons. The van der Waals surface area contributed by atoms with Crippen LogP contribution in [-0.2, 0) is 28.9 Å². The number of carbonyl (C=O) groups excluding carboxylic acids is 1. The molecule has 2 atom stereocenters. The summed E-state index contributed by atoms with van der Waals surface area (Å²) in [7, 11) is 0. The minimum Gasteiger partial charge on any atom is -0.508 e. The van der Waals surface area contributed by atoms with Gasteiger partial charge in [0.2, 0.25) is 5.91 Å². The quantitative estimate of drug-likeness (QED) is 0.620. The summed E-state index contributed by atoms with van der Waals surface area (Å²) in [5.74, 6) is 2.18. The van der Waals surface area contributed by atoms with Gasteiger partial charge < -0.3 is 14.7 Å². The Balaban J connectivity index is 1.43. The lowest BCUT2D eigenvalue weighted by Gasteiger charge is -2.29. The zero-order valence-electron chi connectivity index (χ0n) is 17.9. The van der Waals surface area contributed by atoms with Crippen molar-refractivity contribution in [2.45, 2.75) is 32.4 Å². The first-order chi connectivity index (χ1) is 15.6. The Morgan fingerprint density at radius 2 is 2.03 bits per heavy atom. The third kappa shape index (κ3) is 3.07. The number of carbonyl (C=O) groups is 1. The summed E-state index contributed by atoms with van der Waals surface area (Å²) < 4.78 is 7.55. The van der Waals surface area contributed by atoms with Gasteiger partial charge in [-0.05, 0) is 31.4 Å². The average Bonchev–Trinajstić information content (AvgIpc) is 3.45. The zero-order valence-corrected chi connectivity index (χ0v) is 18.7. The molecule has 9 heteroatoms. The number of aromatic hydroxyl groups is 1. The van der Waals surface area contributed by atoms with Crippen LogP contribution in [0.2, 0.25) is 0 Å². The summed E-state index contributed by atoms with van der Waals surface area (Å²) in [6.45, 7) is 5.09. The van der Waals surface area contributed by atoms with Crippen molar-refractivity contribution in [1.29, 1.82) is 0 Å². The molecule has 0 unspecified atom stereocenters. The SMILES string of the molecule is Cc1nnc2n1-c1sc3c(c1[C@H](c1ccccc1O)NC2)C[C@H](C(=O)N1CCOCC1)C3. The number of phenolic OH excluding ortho intramolecular Hbond substituents is 1. The molecule has 2 aliphatic heterocycles. The first kappa shape index (κ1) is 19.9. The Kier molecular flexibility index (Phi) is 4.78. The van der Waals surface area contributed by atoms with Gasteiger partial charge in [-0.25, -0.2) is 0 Å². The van der Waals surface area contributed by atoms with E-state index >= 15 is 0 Å². The largest absolute Gasteiger partial charge is 0.508 e. The third-order valence-corrected chi connectivity index (χ3v) is 8.02. The molecule has 1 fully saturated rings. The fraction of sp³-hybridized carbons (Fsp3) is 0.435. The third-order valence-electron chi connectivity index (χ3n) is 6.76. The predicted octanol–water partition coefficient (Wildman–Crippen LogP) is 2.11. The van der Waals surface area contributed by atoms with Crippen LogP contribution in [0.1, 0.15) is 39.3 Å². The second-order valence-corrected chi connectivity index (χ2v) is 9.72. The van der Waals surface area contributed by atoms with Crippen molar-refractivity contribution in [1.82, 2.24) is 25.0 Å². The molecule has 1 amide bonds. The van der Waals surface area contributed by atoms with Crippen molar-refractivity contribution >= 4 is 17.2 Å². The second kappa shape index (κ2) is 7.68. The van der Waals surface area contributed by atoms with E-state index in [0.717, 1.165) is 40.6 Å². The molecule has 3 aromatic rings. The maximum absolute atomic E-state index is 13.2. The van der Waals surface area contributed by atoms with Crippen LogP contribution in [-0.4, -0.2) is 57.0 Å². The highest BCUT2D eigenvalue weighted by Crippen LogP contribution is 2.47. The van der Waals surface area contributed by atoms with E-state index in [9.17, 15) is 9.90 Å². The van der Waals surface area contributed by atoms with Crippen molar-refractivity contribution in [2.75, 3.05) is 26.3 Å². The molecule has 3 aliphatic rings. The standard InChI is InChI=1S/C23H25N5O3S/c1-13-25-26-19-12-24-21(15-4-2-3-5-17(15)29)20-16-10-14(11-18(16)32-23(20)28(13)19)22(30)27-6-8-31-9-7-27/h2-5,14,21,24,29H,6-12H2,1H3/t14-,21-/m0/s1. The van der Waals surface area contributed by atoms with E-state index in [0.29, 0.717) is 32.8 Å². The molecule has 4 heterocycles. The Morgan fingerprint density at radius 3 is 2.84 bits per heavy atom. The van der Waals surface area contributed by atoms with Crippen LogP contribution in [0.5, 0.6) is 5.75 Å². The van der Waals surface area contributed by atoms with Gasteiger partial charge in [-0.1, -0.05) is 18.2 Å². The number of morpholine rings is 1. The van der Waals surface area contributed by atoms with Gasteiger partial charge in [0, 0.05) is 35.0 Å². The van der Waals surface area contributed by atoms with Gasteiger partial charge in [0.05, 0.1) is 25.8 Å². The number of aryl methyl sites for hydroxylation is 1. The van der Waals surface area contributed by atoms with Gasteiger partial charge in [0.1, 0.15) is 16.6 Å². The number of hydrogen-bond donors (Lipinski definition) is 2. The molecule has 1 saturated heterocycles. The molecule has 0 spiro atoms. The highest BCUT2D eigenvalue weighted by Gasteiger charge is 2.39. The minimum absolute atomic E-state index is 0.0330. The lowest BCUT2D eigenvalue weighted by Crippen LogP contribution is -2.44. The number of aromatic nitrogens is 3. The Labute approximate surface area is 189 Å². The molecule has 166 valence electrons. The number of benzene rings is 1. The topological polar surface area (TPSA) is 92.5 Å². The molecule has 1 aromatic carbocycles. The molecule has 6 rings (SSSR count). The van der Waals surface area contributed by atoms with E-state index in [-0.39, 0.29) is 23.6 Å². The van der Waals surface area contributed by atoms with Crippen LogP contribution in [0, 0.1) is 12.8 Å². The molecular formula is C23H25N5O3S. The lowest BCUT2D eigenvalue weighted by molar-refractivity contribution is -0.139. The highest BCUT2D eigenvalue weighted by atomic mass is 32.1. The van der Waals surface area contributed by atoms with E-state index in [1.807, 2.05) is 30.0 Å². The zero-order chi connectivity index (χ0) is 21.8. The van der Waals surface area contributed by atoms with Crippen molar-refractivity contribution < 1.29 is 14.6 Å². The molecule has 1 aliphatic carbocycles. The van der Waals surface area contributed by atoms with E-state index in [2.05, 4.69) is 20.1 Å². The van der Waals surface area contributed by atoms with E-state index in [1.54, 1.807) is 17.4 Å². The van der Waals surface area contributed by atoms with Gasteiger partial charge in [0.15, 0.2) is 5.82 Å². The van der Waals surface area contributed by atoms with Gasteiger partial charge in [0.25, 0.3) is 0 Å². The van der Waals surface area contributed by atoms with Crippen molar-refractivity contribution in [3.63, 3.8) is 0 Å². The molecular weight excluding hydrogens is 426 g/mol. The number of fused-ring (bicyclic) bond motifs is 5. The Bertz CT molecular complexity index is 1200. The van der Waals surface area contributed by atoms with Crippen LogP contribution in [0.25, 0.3) is 5.00 Å². The lowest BCUT2D eigenvalue weighted by atomic mass is 9.94. The van der Waals surface area contributed by atoms with E-state index in [1.165, 1.54) is 10.4 Å². The Morgan fingerprint density at radius 1 is 1.22 bits per heavy atom. The molecule has 0 saturated carbocycles. The number of phenols is 1. The first-order valence-electron chi connectivity index (χ1n) is 11.1. The fourth-order valence-electron chi connectivity index (χ4n) is 5.20. The summed E-state index contributed by atoms with van der Waals surface area (Å²) in [6.07, 6.45) is 1.48. The molecule has 32 heavy (non-hydrogen) atoms. The van der Waals surface area contributed by atoms with Gasteiger partial charge >= 0.3 is 0 Å². The number of rotatable bonds is 2. The second-order valence-electron chi connectivity index (χ2n) is 8.64. The van der Waals surface area contributed by atoms with Gasteiger partial charge in [-0.3, -0.25) is 14.7 Å². The van der Waals surface area contributed by atoms with E-state index < -0.39 is 0 Å². The summed E-state index contributed by atoms with van der Waals surface area (Å²) in [4.78, 5) is 16.4. The number of nitrogens with zero attached hydrogens (tertiary/aromatic N) is 4. The average molecular weight is 452 g/mol. The van der Waals surface area contributed by atoms with E-state index in [4.69, 9.17) is 4.74 Å². The van der Waals surface area contributed by atoms with Crippen LogP contribution in [0.4, 0.5) is 0 Å². The number of amides is 1. The monoisotopic (exact) mass is 451 g/mol. The predicted molar refractivity (Wildman–Crippen MR) is 119 cm³/mol. The van der Waals surface area contributed by atoms with Crippen LogP contribution < -0.4 is 5.32 Å². The van der Waals surface area contributed by atoms with Crippen LogP contribution in [0.3, 0.4) is 0 Å². The molecule has 2 N–H and O–H groups in total. The number of hydrogen-bond acceptors (Lipinski definition) is 7. The summed E-state index contributed by atoms with van der Waals surface area (Å²) in [5.41, 5.74) is 3.22. The van der Waals surface area contributed by atoms with Crippen LogP contribution in [0.15, 0.2) is 24.3 Å². The normalized spacial score (nSPS) is 22.2. The van der Waals surface area contributed by atoms with Crippen LogP contribution >= 0.6 is 11.3 Å². The molecule has 2 aromatic heterocycles. The highest BCUT2D eigenvalue weighted by molar-refractivity contribution is 7.15. The fourth-order valence-corrected chi connectivity index (χ4v) is 6.72. The van der Waals surface area contributed by atoms with Gasteiger partial charge in [-0.15, -0.1) is 21.5 Å². The number of ether oxygens (including phenoxy) is 1. The maximum atomic E-state index is 13.2. The minimum atomic E-state index is -0.176. The summed E-state index contributed by atoms with van der Waals surface area (Å²) >= 11 is 1.74. The van der Waals surface area contributed by atoms with Gasteiger partial charge in [-0.2, -0.15) is 0 Å². The first-order valence-corrected chi connectivity index (χ1v) is 11.9. The molecule has 8 nitrogen and oxygen atoms in total.